The number of piperidine rings is 1. The second-order valence-corrected chi connectivity index (χ2v) is 8.99. The molecule has 3 aromatic rings. The lowest BCUT2D eigenvalue weighted by molar-refractivity contribution is -0.00951. The van der Waals surface area contributed by atoms with Crippen LogP contribution in [0.15, 0.2) is 54.7 Å². The first kappa shape index (κ1) is 23.2. The number of carbonyl (C=O) groups excluding carboxylic acids is 1. The SMILES string of the molecule is COc1cc(C(=O)N2CCC3(CC2)Oc2cc(F)ccc2-n2cccc23)ccc1OC[C@H](C)OC. The molecule has 0 saturated carbocycles. The second kappa shape index (κ2) is 9.26. The van der Waals surface area contributed by atoms with Gasteiger partial charge in [0.05, 0.1) is 24.6 Å². The zero-order valence-electron chi connectivity index (χ0n) is 20.1. The molecule has 0 aliphatic carbocycles. The van der Waals surface area contributed by atoms with Gasteiger partial charge in [0.2, 0.25) is 0 Å². The summed E-state index contributed by atoms with van der Waals surface area (Å²) in [5.74, 6) is 1.18. The van der Waals surface area contributed by atoms with Crippen LogP contribution in [0.1, 0.15) is 35.8 Å². The van der Waals surface area contributed by atoms with Gasteiger partial charge in [-0.05, 0) is 49.4 Å². The largest absolute Gasteiger partial charge is 0.493 e. The molecule has 35 heavy (non-hydrogen) atoms. The lowest BCUT2D eigenvalue weighted by atomic mass is 9.86. The van der Waals surface area contributed by atoms with Gasteiger partial charge in [0.25, 0.3) is 5.91 Å². The number of halogens is 1. The maximum absolute atomic E-state index is 13.9. The Bertz CT molecular complexity index is 1230. The van der Waals surface area contributed by atoms with Crippen molar-refractivity contribution < 1.29 is 28.1 Å². The molecular weight excluding hydrogens is 451 g/mol. The summed E-state index contributed by atoms with van der Waals surface area (Å²) in [6.45, 7) is 3.32. The molecular formula is C27H29FN2O5. The van der Waals surface area contributed by atoms with Gasteiger partial charge in [0.1, 0.15) is 18.2 Å². The van der Waals surface area contributed by atoms with Crippen molar-refractivity contribution in [2.45, 2.75) is 31.5 Å². The molecule has 2 aliphatic rings. The number of benzene rings is 2. The minimum absolute atomic E-state index is 0.0618. The Morgan fingerprint density at radius 3 is 2.66 bits per heavy atom. The maximum atomic E-state index is 13.9. The Morgan fingerprint density at radius 2 is 1.91 bits per heavy atom. The number of rotatable bonds is 6. The highest BCUT2D eigenvalue weighted by Crippen LogP contribution is 2.45. The second-order valence-electron chi connectivity index (χ2n) is 8.99. The first-order chi connectivity index (χ1) is 16.9. The number of nitrogens with zero attached hydrogens (tertiary/aromatic N) is 2. The van der Waals surface area contributed by atoms with Crippen molar-refractivity contribution in [3.63, 3.8) is 0 Å². The quantitative estimate of drug-likeness (QED) is 0.518. The minimum atomic E-state index is -0.603. The zero-order chi connectivity index (χ0) is 24.6. The molecule has 1 fully saturated rings. The average Bonchev–Trinajstić information content (AvgIpc) is 3.38. The van der Waals surface area contributed by atoms with Gasteiger partial charge in [-0.15, -0.1) is 0 Å². The lowest BCUT2D eigenvalue weighted by Gasteiger charge is -2.45. The number of aromatic nitrogens is 1. The van der Waals surface area contributed by atoms with Gasteiger partial charge in [-0.25, -0.2) is 4.39 Å². The van der Waals surface area contributed by atoms with Gasteiger partial charge in [0.15, 0.2) is 17.1 Å². The van der Waals surface area contributed by atoms with Gasteiger partial charge < -0.3 is 28.4 Å². The summed E-state index contributed by atoms with van der Waals surface area (Å²) in [6.07, 6.45) is 3.11. The summed E-state index contributed by atoms with van der Waals surface area (Å²) in [5.41, 5.74) is 1.78. The highest BCUT2D eigenvalue weighted by molar-refractivity contribution is 5.95. The number of carbonyl (C=O) groups is 1. The molecule has 7 nitrogen and oxygen atoms in total. The molecule has 1 amide bonds. The van der Waals surface area contributed by atoms with E-state index in [1.165, 1.54) is 12.1 Å². The number of ether oxygens (including phenoxy) is 4. The molecule has 0 radical (unpaired) electrons. The summed E-state index contributed by atoms with van der Waals surface area (Å²) < 4.78 is 38.9. The first-order valence-electron chi connectivity index (χ1n) is 11.7. The average molecular weight is 481 g/mol. The molecule has 0 N–H and O–H groups in total. The Balaban J connectivity index is 1.32. The smallest absolute Gasteiger partial charge is 0.253 e. The summed E-state index contributed by atoms with van der Waals surface area (Å²) in [5, 5.41) is 0. The summed E-state index contributed by atoms with van der Waals surface area (Å²) in [7, 11) is 3.18. The van der Waals surface area contributed by atoms with Gasteiger partial charge >= 0.3 is 0 Å². The fourth-order valence-corrected chi connectivity index (χ4v) is 4.80. The summed E-state index contributed by atoms with van der Waals surface area (Å²) in [4.78, 5) is 15.1. The number of likely N-dealkylation sites (tertiary alicyclic amines) is 1. The highest BCUT2D eigenvalue weighted by Gasteiger charge is 2.44. The molecule has 8 heteroatoms. The standard InChI is InChI=1S/C27H29FN2O5/c1-18(32-2)17-34-22-9-6-19(15-24(22)33-3)26(31)29-13-10-27(11-14-29)25-5-4-12-30(25)21-8-7-20(28)16-23(21)35-27/h4-9,12,15-16,18H,10-11,13-14,17H2,1-3H3/t18-/m0/s1. The Labute approximate surface area is 204 Å². The lowest BCUT2D eigenvalue weighted by Crippen LogP contribution is -2.50. The zero-order valence-corrected chi connectivity index (χ0v) is 20.1. The normalized spacial score (nSPS) is 16.7. The molecule has 1 aromatic heterocycles. The van der Waals surface area contributed by atoms with E-state index in [1.807, 2.05) is 30.2 Å². The van der Waals surface area contributed by atoms with Crippen molar-refractivity contribution in [3.8, 4) is 22.9 Å². The van der Waals surface area contributed by atoms with Crippen LogP contribution in [0.5, 0.6) is 17.2 Å². The van der Waals surface area contributed by atoms with Crippen molar-refractivity contribution in [3.05, 3.63) is 71.8 Å². The van der Waals surface area contributed by atoms with Crippen LogP contribution in [0.3, 0.4) is 0 Å². The number of amides is 1. The molecule has 1 saturated heterocycles. The van der Waals surface area contributed by atoms with Crippen LogP contribution in [-0.4, -0.2) is 55.4 Å². The van der Waals surface area contributed by atoms with E-state index in [4.69, 9.17) is 18.9 Å². The van der Waals surface area contributed by atoms with Crippen molar-refractivity contribution in [2.75, 3.05) is 33.9 Å². The van der Waals surface area contributed by atoms with Crippen LogP contribution < -0.4 is 14.2 Å². The molecule has 0 bridgehead atoms. The third-order valence-electron chi connectivity index (χ3n) is 6.85. The molecule has 5 rings (SSSR count). The predicted molar refractivity (Wildman–Crippen MR) is 128 cm³/mol. The van der Waals surface area contributed by atoms with Crippen LogP contribution in [0.25, 0.3) is 5.69 Å². The number of methoxy groups -OCH3 is 2. The van der Waals surface area contributed by atoms with Gasteiger partial charge in [-0.3, -0.25) is 4.79 Å². The maximum Gasteiger partial charge on any atom is 0.253 e. The van der Waals surface area contributed by atoms with E-state index < -0.39 is 5.60 Å². The topological polar surface area (TPSA) is 62.2 Å². The Kier molecular flexibility index (Phi) is 6.15. The number of hydrogen-bond acceptors (Lipinski definition) is 5. The van der Waals surface area contributed by atoms with Crippen LogP contribution in [-0.2, 0) is 10.3 Å². The van der Waals surface area contributed by atoms with Crippen LogP contribution >= 0.6 is 0 Å². The third-order valence-corrected chi connectivity index (χ3v) is 6.85. The molecule has 0 unspecified atom stereocenters. The minimum Gasteiger partial charge on any atom is -0.493 e. The molecule has 1 spiro atoms. The molecule has 2 aliphatic heterocycles. The van der Waals surface area contributed by atoms with Crippen molar-refractivity contribution >= 4 is 5.91 Å². The van der Waals surface area contributed by atoms with Crippen LogP contribution in [0.2, 0.25) is 0 Å². The van der Waals surface area contributed by atoms with Gasteiger partial charge in [-0.2, -0.15) is 0 Å². The van der Waals surface area contributed by atoms with Crippen molar-refractivity contribution in [1.82, 2.24) is 9.47 Å². The summed E-state index contributed by atoms with van der Waals surface area (Å²) >= 11 is 0. The Morgan fingerprint density at radius 1 is 1.11 bits per heavy atom. The van der Waals surface area contributed by atoms with E-state index in [2.05, 4.69) is 4.57 Å². The molecule has 3 heterocycles. The predicted octanol–water partition coefficient (Wildman–Crippen LogP) is 4.56. The van der Waals surface area contributed by atoms with Gasteiger partial charge in [-0.1, -0.05) is 0 Å². The van der Waals surface area contributed by atoms with Crippen LogP contribution in [0, 0.1) is 5.82 Å². The number of hydrogen-bond donors (Lipinski definition) is 0. The van der Waals surface area contributed by atoms with Crippen molar-refractivity contribution in [1.29, 1.82) is 0 Å². The monoisotopic (exact) mass is 480 g/mol. The summed E-state index contributed by atoms with van der Waals surface area (Å²) in [6, 6.07) is 13.8. The van der Waals surface area contributed by atoms with E-state index in [9.17, 15) is 9.18 Å². The molecule has 184 valence electrons. The van der Waals surface area contributed by atoms with E-state index in [0.717, 1.165) is 11.4 Å². The third kappa shape index (κ3) is 4.23. The van der Waals surface area contributed by atoms with Gasteiger partial charge in [0, 0.05) is 50.9 Å². The Hall–Kier alpha value is -3.52. The fraction of sp³-hybridized carbons (Fsp3) is 0.370. The highest BCUT2D eigenvalue weighted by atomic mass is 19.1. The molecule has 2 aromatic carbocycles. The number of fused-ring (bicyclic) bond motifs is 4. The fourth-order valence-electron chi connectivity index (χ4n) is 4.80. The van der Waals surface area contributed by atoms with E-state index in [1.54, 1.807) is 38.5 Å². The van der Waals surface area contributed by atoms with E-state index in [-0.39, 0.29) is 17.8 Å². The molecule has 1 atom stereocenters. The first-order valence-corrected chi connectivity index (χ1v) is 11.7. The van der Waals surface area contributed by atoms with Crippen LogP contribution in [0.4, 0.5) is 4.39 Å². The van der Waals surface area contributed by atoms with Crippen molar-refractivity contribution in [2.24, 2.45) is 0 Å². The van der Waals surface area contributed by atoms with E-state index >= 15 is 0 Å². The van der Waals surface area contributed by atoms with E-state index in [0.29, 0.717) is 55.4 Å².